The molecule has 0 radical (unpaired) electrons. The highest BCUT2D eigenvalue weighted by Gasteiger charge is 2.23. The molecule has 0 saturated heterocycles. The Morgan fingerprint density at radius 1 is 0.364 bits per heavy atom. The van der Waals surface area contributed by atoms with Gasteiger partial charge in [-0.2, -0.15) is 0 Å². The van der Waals surface area contributed by atoms with E-state index in [0.717, 1.165) is 28.2 Å². The maximum Gasteiger partial charge on any atom is 0.197 e. The van der Waals surface area contributed by atoms with Crippen LogP contribution in [-0.2, 0) is 0 Å². The average molecular weight is 567 g/mol. The highest BCUT2D eigenvalue weighted by Crippen LogP contribution is 2.37. The number of anilines is 3. The number of nitrogens with zero attached hydrogens (tertiary/aromatic N) is 2. The summed E-state index contributed by atoms with van der Waals surface area (Å²) in [6.45, 7) is 0. The summed E-state index contributed by atoms with van der Waals surface area (Å²) < 4.78 is 1.97. The van der Waals surface area contributed by atoms with E-state index in [-0.39, 0.29) is 16.3 Å². The van der Waals surface area contributed by atoms with Crippen LogP contribution in [0.2, 0.25) is 0 Å². The number of hydrogen-bond acceptors (Lipinski definition) is 4. The molecule has 3 heterocycles. The van der Waals surface area contributed by atoms with E-state index in [1.54, 1.807) is 36.4 Å². The maximum absolute atomic E-state index is 14.0. The zero-order valence-corrected chi connectivity index (χ0v) is 23.3. The summed E-state index contributed by atoms with van der Waals surface area (Å²) in [6.07, 6.45) is 0. The smallest absolute Gasteiger partial charge is 0.197 e. The third kappa shape index (κ3) is 3.26. The number of rotatable bonds is 4. The molecule has 5 heteroatoms. The Bertz CT molecular complexity index is 2540. The summed E-state index contributed by atoms with van der Waals surface area (Å²) in [5, 5.41) is 2.82. The van der Waals surface area contributed by atoms with Crippen molar-refractivity contribution in [1.82, 2.24) is 4.40 Å². The quantitative estimate of drug-likeness (QED) is 0.160. The van der Waals surface area contributed by atoms with Gasteiger partial charge in [0, 0.05) is 49.4 Å². The monoisotopic (exact) mass is 566 g/mol. The number of hydrogen-bond donors (Lipinski definition) is 0. The third-order valence-corrected chi connectivity index (χ3v) is 8.81. The van der Waals surface area contributed by atoms with Gasteiger partial charge in [0.25, 0.3) is 0 Å². The molecule has 0 N–H and O–H groups in total. The molecule has 206 valence electrons. The van der Waals surface area contributed by atoms with Crippen molar-refractivity contribution in [2.45, 2.75) is 0 Å². The fourth-order valence-corrected chi connectivity index (χ4v) is 6.86. The molecule has 0 aliphatic carbocycles. The van der Waals surface area contributed by atoms with Crippen molar-refractivity contribution in [3.05, 3.63) is 164 Å². The van der Waals surface area contributed by atoms with Crippen molar-refractivity contribution < 1.29 is 0 Å². The number of para-hydroxylation sites is 4. The zero-order chi connectivity index (χ0) is 29.5. The van der Waals surface area contributed by atoms with Crippen LogP contribution >= 0.6 is 0 Å². The van der Waals surface area contributed by atoms with Crippen LogP contribution in [0.1, 0.15) is 0 Å². The lowest BCUT2D eigenvalue weighted by molar-refractivity contribution is 1.28. The molecule has 0 atom stereocenters. The minimum Gasteiger partial charge on any atom is -0.311 e. The minimum absolute atomic E-state index is 0.167. The molecular formula is C39H22N2O3. The largest absolute Gasteiger partial charge is 0.311 e. The summed E-state index contributed by atoms with van der Waals surface area (Å²) in [5.74, 6) is 0. The van der Waals surface area contributed by atoms with Gasteiger partial charge in [-0.1, -0.05) is 60.7 Å². The van der Waals surface area contributed by atoms with Crippen LogP contribution in [0, 0.1) is 0 Å². The first-order chi connectivity index (χ1) is 21.6. The lowest BCUT2D eigenvalue weighted by Gasteiger charge is -2.25. The Hall–Kier alpha value is -6.07. The van der Waals surface area contributed by atoms with Crippen molar-refractivity contribution in [3.63, 3.8) is 0 Å². The van der Waals surface area contributed by atoms with Gasteiger partial charge in [0.1, 0.15) is 0 Å². The van der Waals surface area contributed by atoms with Crippen molar-refractivity contribution in [3.8, 4) is 11.1 Å². The van der Waals surface area contributed by atoms with Gasteiger partial charge in [-0.15, -0.1) is 0 Å². The van der Waals surface area contributed by atoms with E-state index in [9.17, 15) is 14.4 Å². The minimum atomic E-state index is -0.185. The second kappa shape index (κ2) is 8.96. The van der Waals surface area contributed by atoms with Crippen LogP contribution in [-0.4, -0.2) is 4.40 Å². The van der Waals surface area contributed by atoms with Gasteiger partial charge in [-0.05, 0) is 83.9 Å². The summed E-state index contributed by atoms with van der Waals surface area (Å²) >= 11 is 0. The molecule has 0 amide bonds. The molecule has 0 aliphatic rings. The molecule has 6 aromatic carbocycles. The average Bonchev–Trinajstić information content (AvgIpc) is 3.08. The molecule has 44 heavy (non-hydrogen) atoms. The summed E-state index contributed by atoms with van der Waals surface area (Å²) in [6, 6.07) is 42.9. The van der Waals surface area contributed by atoms with Crippen LogP contribution in [0.5, 0.6) is 0 Å². The maximum atomic E-state index is 14.0. The van der Waals surface area contributed by atoms with Crippen LogP contribution < -0.4 is 21.2 Å². The molecule has 0 bridgehead atoms. The molecule has 3 aromatic heterocycles. The van der Waals surface area contributed by atoms with Gasteiger partial charge < -0.3 is 9.30 Å². The van der Waals surface area contributed by atoms with E-state index in [4.69, 9.17) is 0 Å². The molecule has 0 spiro atoms. The summed E-state index contributed by atoms with van der Waals surface area (Å²) in [5.41, 5.74) is 5.91. The van der Waals surface area contributed by atoms with E-state index in [1.165, 1.54) is 0 Å². The second-order valence-corrected chi connectivity index (χ2v) is 11.2. The van der Waals surface area contributed by atoms with Gasteiger partial charge in [-0.25, -0.2) is 0 Å². The van der Waals surface area contributed by atoms with Gasteiger partial charge in [-0.3, -0.25) is 14.4 Å². The van der Waals surface area contributed by atoms with Crippen molar-refractivity contribution in [2.24, 2.45) is 0 Å². The topological polar surface area (TPSA) is 58.9 Å². The molecule has 0 unspecified atom stereocenters. The molecular weight excluding hydrogens is 544 g/mol. The highest BCUT2D eigenvalue weighted by molar-refractivity contribution is 6.16. The number of benzene rings is 6. The molecule has 0 fully saturated rings. The highest BCUT2D eigenvalue weighted by atomic mass is 16.1. The first-order valence-corrected chi connectivity index (χ1v) is 14.5. The molecule has 5 nitrogen and oxygen atoms in total. The summed E-state index contributed by atoms with van der Waals surface area (Å²) in [4.78, 5) is 43.7. The normalized spacial score (nSPS) is 11.9. The lowest BCUT2D eigenvalue weighted by atomic mass is 9.94. The molecule has 9 rings (SSSR count). The molecule has 9 aromatic rings. The fraction of sp³-hybridized carbons (Fsp3) is 0. The Balaban J connectivity index is 1.31. The van der Waals surface area contributed by atoms with Crippen molar-refractivity contribution in [1.29, 1.82) is 0 Å². The molecule has 0 saturated carbocycles. The van der Waals surface area contributed by atoms with E-state index < -0.39 is 0 Å². The first kappa shape index (κ1) is 24.5. The van der Waals surface area contributed by atoms with Gasteiger partial charge >= 0.3 is 0 Å². The van der Waals surface area contributed by atoms with Gasteiger partial charge in [0.15, 0.2) is 16.3 Å². The van der Waals surface area contributed by atoms with Gasteiger partial charge in [0.05, 0.1) is 16.6 Å². The Morgan fingerprint density at radius 2 is 0.750 bits per heavy atom. The van der Waals surface area contributed by atoms with Crippen LogP contribution in [0.25, 0.3) is 60.0 Å². The number of pyridine rings is 3. The predicted octanol–water partition coefficient (Wildman–Crippen LogP) is 8.08. The zero-order valence-electron chi connectivity index (χ0n) is 23.3. The Morgan fingerprint density at radius 3 is 1.20 bits per heavy atom. The van der Waals surface area contributed by atoms with Gasteiger partial charge in [0.2, 0.25) is 0 Å². The van der Waals surface area contributed by atoms with Crippen LogP contribution in [0.4, 0.5) is 17.1 Å². The van der Waals surface area contributed by atoms with E-state index in [1.807, 2.05) is 65.1 Å². The fourth-order valence-electron chi connectivity index (χ4n) is 6.86. The van der Waals surface area contributed by atoms with E-state index in [0.29, 0.717) is 48.9 Å². The Kier molecular flexibility index (Phi) is 5.00. The molecule has 0 aliphatic heterocycles. The first-order valence-electron chi connectivity index (χ1n) is 14.5. The number of aromatic nitrogens is 1. The SMILES string of the molecule is O=c1c2cccc3c(=O)c4cc(-c5ccc(N(c6ccccc6)c6ccccc6)cc5)cc5c(=O)c6cccc1c6n(c23)c45. The lowest BCUT2D eigenvalue weighted by Crippen LogP contribution is -2.19. The van der Waals surface area contributed by atoms with E-state index >= 15 is 0 Å². The van der Waals surface area contributed by atoms with E-state index in [2.05, 4.69) is 41.3 Å². The van der Waals surface area contributed by atoms with Crippen molar-refractivity contribution >= 4 is 65.9 Å². The van der Waals surface area contributed by atoms with Crippen LogP contribution in [0.15, 0.2) is 148 Å². The summed E-state index contributed by atoms with van der Waals surface area (Å²) in [7, 11) is 0. The Labute approximate surface area is 250 Å². The van der Waals surface area contributed by atoms with Crippen molar-refractivity contribution in [2.75, 3.05) is 4.90 Å². The predicted molar refractivity (Wildman–Crippen MR) is 180 cm³/mol. The second-order valence-electron chi connectivity index (χ2n) is 11.2. The third-order valence-electron chi connectivity index (χ3n) is 8.81. The standard InChI is InChI=1S/C39H22N2O3/c42-37-28-13-7-15-30-34(28)41-35-29(37)14-8-16-31(35)39(44)33-22-24(21-32(36(33)41)38(30)43)23-17-19-27(20-18-23)40(25-9-3-1-4-10-25)26-11-5-2-6-12-26/h1-22H. The van der Waals surface area contributed by atoms with Crippen LogP contribution in [0.3, 0.4) is 0 Å².